The molecule has 1 aliphatic rings. The van der Waals surface area contributed by atoms with E-state index in [1.807, 2.05) is 30.6 Å². The largest absolute Gasteiger partial charge is 2.00 e. The molecule has 0 fully saturated rings. The van der Waals surface area contributed by atoms with Crippen LogP contribution in [-0.4, -0.2) is 47.0 Å². The molecule has 0 N–H and O–H groups in total. The van der Waals surface area contributed by atoms with Crippen molar-refractivity contribution >= 4 is 67.8 Å². The van der Waals surface area contributed by atoms with E-state index in [1.165, 1.54) is 16.6 Å². The van der Waals surface area contributed by atoms with Crippen LogP contribution in [0.15, 0.2) is 140 Å². The number of hydrogen-bond donors (Lipinski definition) is 0. The quantitative estimate of drug-likeness (QED) is 0.127. The number of fused-ring (bicyclic) bond motifs is 11. The monoisotopic (exact) mass is 957 g/mol. The molecule has 0 atom stereocenters. The van der Waals surface area contributed by atoms with Crippen molar-refractivity contribution in [1.29, 1.82) is 0 Å². The van der Waals surface area contributed by atoms with E-state index in [4.69, 9.17) is 19.7 Å². The third-order valence-electron chi connectivity index (χ3n) is 12.0. The van der Waals surface area contributed by atoms with Gasteiger partial charge in [0.25, 0.3) is 0 Å². The molecule has 12 rings (SSSR count). The number of aryl methyl sites for hydroxylation is 3. The van der Waals surface area contributed by atoms with E-state index in [-0.39, 0.29) is 28.0 Å². The van der Waals surface area contributed by atoms with Crippen molar-refractivity contribution in [1.82, 2.24) is 33.0 Å². The number of anilines is 1. The molecule has 290 valence electrons. The number of pyridine rings is 1. The zero-order valence-corrected chi connectivity index (χ0v) is 35.4. The van der Waals surface area contributed by atoms with E-state index < -0.39 is 0 Å². The van der Waals surface area contributed by atoms with Crippen molar-refractivity contribution in [3.63, 3.8) is 0 Å². The Balaban J connectivity index is 0.00000408. The van der Waals surface area contributed by atoms with Gasteiger partial charge in [0.15, 0.2) is 0 Å². The van der Waals surface area contributed by atoms with Gasteiger partial charge in [-0.15, -0.1) is 24.3 Å². The number of hydrogen-bond acceptors (Lipinski definition) is 5. The summed E-state index contributed by atoms with van der Waals surface area (Å²) in [5.74, 6) is 3.45. The fourth-order valence-corrected chi connectivity index (χ4v) is 9.33. The van der Waals surface area contributed by atoms with Gasteiger partial charge >= 0.3 is 28.0 Å². The number of benzene rings is 6. The fourth-order valence-electron chi connectivity index (χ4n) is 9.33. The Hall–Kier alpha value is -6.90. The van der Waals surface area contributed by atoms with Crippen LogP contribution < -0.4 is 15.0 Å². The van der Waals surface area contributed by atoms with Crippen LogP contribution in [0.2, 0.25) is 0 Å². The molecule has 0 saturated heterocycles. The topological polar surface area (TPSA) is 70.3 Å². The molecule has 0 unspecified atom stereocenters. The van der Waals surface area contributed by atoms with Gasteiger partial charge in [0.2, 0.25) is 5.78 Å². The molecule has 6 aromatic carbocycles. The first-order valence-corrected chi connectivity index (χ1v) is 19.8. The summed E-state index contributed by atoms with van der Waals surface area (Å²) in [6.45, 7) is 6.42. The molecule has 6 heterocycles. The van der Waals surface area contributed by atoms with Crippen molar-refractivity contribution in [3.05, 3.63) is 169 Å². The number of ether oxygens (including phenoxy) is 1. The minimum Gasteiger partial charge on any atom is -0.503 e. The second kappa shape index (κ2) is 13.6. The van der Waals surface area contributed by atoms with Crippen molar-refractivity contribution in [2.45, 2.75) is 20.8 Å². The predicted octanol–water partition coefficient (Wildman–Crippen LogP) is 9.80. The molecule has 0 saturated carbocycles. The van der Waals surface area contributed by atoms with Gasteiger partial charge in [-0.2, -0.15) is 0 Å². The van der Waals surface area contributed by atoms with E-state index >= 15 is 0 Å². The summed E-state index contributed by atoms with van der Waals surface area (Å²) in [6.07, 6.45) is 5.90. The van der Waals surface area contributed by atoms with Crippen LogP contribution in [0.5, 0.6) is 11.5 Å². The molecule has 0 aliphatic carbocycles. The van der Waals surface area contributed by atoms with Gasteiger partial charge in [0.1, 0.15) is 5.82 Å². The first-order chi connectivity index (χ1) is 28.9. The van der Waals surface area contributed by atoms with Gasteiger partial charge in [0, 0.05) is 58.4 Å². The minimum atomic E-state index is -0.0366. The Labute approximate surface area is 360 Å². The van der Waals surface area contributed by atoms with E-state index in [0.717, 1.165) is 83.8 Å². The Kier molecular flexibility index (Phi) is 8.19. The second-order valence-corrected chi connectivity index (χ2v) is 15.5. The van der Waals surface area contributed by atoms with Crippen LogP contribution in [-0.2, 0) is 21.1 Å². The zero-order valence-electron chi connectivity index (χ0n) is 33.2. The molecule has 0 radical (unpaired) electrons. The molecule has 0 amide bonds. The molecular formula is C49H35BN8OPt. The molecule has 11 aromatic rings. The van der Waals surface area contributed by atoms with Crippen molar-refractivity contribution < 1.29 is 25.8 Å². The summed E-state index contributed by atoms with van der Waals surface area (Å²) in [5, 5.41) is 2.22. The van der Waals surface area contributed by atoms with Gasteiger partial charge in [-0.3, -0.25) is 9.55 Å². The van der Waals surface area contributed by atoms with Crippen LogP contribution in [0.4, 0.5) is 5.69 Å². The average Bonchev–Trinajstić information content (AvgIpc) is 4.03. The Bertz CT molecular complexity index is 3490. The molecular weight excluding hydrogens is 922 g/mol. The van der Waals surface area contributed by atoms with Gasteiger partial charge in [-0.25, -0.2) is 9.97 Å². The van der Waals surface area contributed by atoms with Gasteiger partial charge in [-0.1, -0.05) is 101 Å². The maximum atomic E-state index is 6.65. The second-order valence-electron chi connectivity index (χ2n) is 15.5. The number of aromatic nitrogens is 7. The number of para-hydroxylation sites is 3. The first-order valence-electron chi connectivity index (χ1n) is 19.8. The van der Waals surface area contributed by atoms with Crippen LogP contribution in [0.25, 0.3) is 72.5 Å². The zero-order chi connectivity index (χ0) is 39.5. The van der Waals surface area contributed by atoms with E-state index in [1.54, 1.807) is 0 Å². The average molecular weight is 958 g/mol. The maximum Gasteiger partial charge on any atom is 2.00 e. The summed E-state index contributed by atoms with van der Waals surface area (Å²) >= 11 is 0. The Morgan fingerprint density at radius 2 is 1.38 bits per heavy atom. The molecule has 9 nitrogen and oxygen atoms in total. The van der Waals surface area contributed by atoms with Gasteiger partial charge in [0.05, 0.1) is 22.1 Å². The van der Waals surface area contributed by atoms with Crippen molar-refractivity contribution in [2.24, 2.45) is 0 Å². The van der Waals surface area contributed by atoms with Crippen molar-refractivity contribution in [2.75, 3.05) is 11.9 Å². The summed E-state index contributed by atoms with van der Waals surface area (Å²) in [5.41, 5.74) is 13.8. The van der Waals surface area contributed by atoms with E-state index in [2.05, 4.69) is 172 Å². The molecule has 1 aliphatic heterocycles. The Morgan fingerprint density at radius 3 is 2.23 bits per heavy atom. The number of imidazole rings is 3. The molecule has 0 spiro atoms. The summed E-state index contributed by atoms with van der Waals surface area (Å²) < 4.78 is 15.5. The van der Waals surface area contributed by atoms with Crippen LogP contribution in [0.3, 0.4) is 0 Å². The normalized spacial score (nSPS) is 12.5. The SMILES string of the molecule is Cc1cccc(C)c1B1N(C)c2ccc(Oc3[c-]c4c(cc3)n3c5cccc(C)c5nc3n4-c3cc4c(cn3)c3ccccc3n4-c3ccccc3)[c-]c2-c2nccn21.[Pt+2]. The molecule has 0 bridgehead atoms. The van der Waals surface area contributed by atoms with E-state index in [0.29, 0.717) is 11.5 Å². The third kappa shape index (κ3) is 5.20. The van der Waals surface area contributed by atoms with Crippen LogP contribution in [0, 0.1) is 32.9 Å². The molecule has 60 heavy (non-hydrogen) atoms. The summed E-state index contributed by atoms with van der Waals surface area (Å²) in [4.78, 5) is 17.5. The maximum absolute atomic E-state index is 6.65. The van der Waals surface area contributed by atoms with Crippen LogP contribution >= 0.6 is 0 Å². The van der Waals surface area contributed by atoms with Crippen LogP contribution in [0.1, 0.15) is 16.7 Å². The summed E-state index contributed by atoms with van der Waals surface area (Å²) in [7, 11) is 2.13. The minimum absolute atomic E-state index is 0. The number of nitrogens with zero attached hydrogens (tertiary/aromatic N) is 8. The molecule has 11 heteroatoms. The number of rotatable bonds is 5. The molecule has 5 aromatic heterocycles. The van der Waals surface area contributed by atoms with Gasteiger partial charge in [-0.05, 0) is 74.1 Å². The smallest absolute Gasteiger partial charge is 0.503 e. The standard InChI is InChI=1S/C49H35BN8O.Pt/c1-30-12-10-13-31(2)46(30)50-54(4)39-22-20-34(26-37(39)48-51-24-25-55(48)50)59-35-21-23-41-44(27-35)58(49-53-47-32(3)14-11-19-42(47)57(41)49)45-28-43-38(29-52-45)36-17-8-9-18-40(36)56(43)33-15-6-5-7-16-33;/h5-25,28-29H,1-4H3;/q-2;+2. The summed E-state index contributed by atoms with van der Waals surface area (Å²) in [6, 6.07) is 49.3. The fraction of sp³-hybridized carbons (Fsp3) is 0.0816. The first kappa shape index (κ1) is 36.2. The predicted molar refractivity (Wildman–Crippen MR) is 237 cm³/mol. The Morgan fingerprint density at radius 1 is 0.650 bits per heavy atom. The van der Waals surface area contributed by atoms with Crippen molar-refractivity contribution in [3.8, 4) is 34.4 Å². The third-order valence-corrected chi connectivity index (χ3v) is 12.0. The van der Waals surface area contributed by atoms with Gasteiger partial charge < -0.3 is 23.0 Å². The van der Waals surface area contributed by atoms with E-state index in [9.17, 15) is 0 Å².